The summed E-state index contributed by atoms with van der Waals surface area (Å²) in [4.78, 5) is 37.9. The van der Waals surface area contributed by atoms with Gasteiger partial charge in [-0.3, -0.25) is 14.4 Å². The molecule has 0 aliphatic rings. The first kappa shape index (κ1) is 59.6. The molecule has 0 radical (unpaired) electrons. The van der Waals surface area contributed by atoms with E-state index in [4.69, 9.17) is 14.2 Å². The Balaban J connectivity index is 4.48. The van der Waals surface area contributed by atoms with Crippen LogP contribution in [0, 0.1) is 0 Å². The number of hydrogen-bond acceptors (Lipinski definition) is 6. The third-order valence-electron chi connectivity index (χ3n) is 10.9. The van der Waals surface area contributed by atoms with E-state index in [2.05, 4.69) is 99.8 Å². The lowest BCUT2D eigenvalue weighted by Crippen LogP contribution is -2.30. The highest BCUT2D eigenvalue weighted by Gasteiger charge is 2.19. The SMILES string of the molecule is CC/C=C/C/C=C/CCCCCCCCCC(=O)OC(COC(=O)CC/C=C/C/C=C/CCCCCCCC)COC(=O)CCCCCCC/C=C/C=C/C=C/CCCCCCC. The smallest absolute Gasteiger partial charge is 0.306 e. The second-order valence-electron chi connectivity index (χ2n) is 17.1. The molecule has 63 heavy (non-hydrogen) atoms. The summed E-state index contributed by atoms with van der Waals surface area (Å²) < 4.78 is 16.7. The number of allylic oxidation sites excluding steroid dienone is 14. The standard InChI is InChI=1S/C57H96O6/c1-4-7-10-13-16-19-22-25-27-28-29-30-33-35-38-41-44-47-50-56(59)62-53-54(52-61-55(58)49-46-43-40-37-34-31-24-21-18-15-12-9-6-3)63-57(60)51-48-45-42-39-36-32-26-23-20-17-14-11-8-5-2/h8,11,17,20,22,25,27-31,34,40,43,54H,4-7,9-10,12-16,18-19,21,23-24,26,32-33,35-39,41-42,44-53H2,1-3H3/b11-8+,20-17+,25-22+,28-27+,30-29+,34-31+,43-40+. The lowest BCUT2D eigenvalue weighted by molar-refractivity contribution is -0.166. The molecular formula is C57H96O6. The average Bonchev–Trinajstić information content (AvgIpc) is 3.28. The van der Waals surface area contributed by atoms with Crippen LogP contribution in [0.5, 0.6) is 0 Å². The van der Waals surface area contributed by atoms with E-state index in [9.17, 15) is 14.4 Å². The molecule has 0 rings (SSSR count). The molecule has 1 atom stereocenters. The van der Waals surface area contributed by atoms with E-state index in [1.165, 1.54) is 96.3 Å². The van der Waals surface area contributed by atoms with Crippen molar-refractivity contribution in [3.8, 4) is 0 Å². The van der Waals surface area contributed by atoms with Crippen molar-refractivity contribution in [2.24, 2.45) is 0 Å². The van der Waals surface area contributed by atoms with E-state index in [0.717, 1.165) is 96.3 Å². The highest BCUT2D eigenvalue weighted by molar-refractivity contribution is 5.71. The first-order valence-corrected chi connectivity index (χ1v) is 26.1. The zero-order valence-electron chi connectivity index (χ0n) is 41.1. The molecule has 0 aromatic heterocycles. The summed E-state index contributed by atoms with van der Waals surface area (Å²) in [6.07, 6.45) is 65.8. The molecule has 0 aromatic rings. The summed E-state index contributed by atoms with van der Waals surface area (Å²) in [7, 11) is 0. The normalized spacial score (nSPS) is 12.7. The minimum absolute atomic E-state index is 0.108. The van der Waals surface area contributed by atoms with Crippen molar-refractivity contribution in [1.82, 2.24) is 0 Å². The van der Waals surface area contributed by atoms with Crippen molar-refractivity contribution < 1.29 is 28.6 Å². The Kier molecular flexibility index (Phi) is 48.5. The lowest BCUT2D eigenvalue weighted by atomic mass is 10.1. The van der Waals surface area contributed by atoms with Crippen molar-refractivity contribution in [1.29, 1.82) is 0 Å². The van der Waals surface area contributed by atoms with Crippen LogP contribution in [-0.2, 0) is 28.6 Å². The molecule has 0 spiro atoms. The van der Waals surface area contributed by atoms with E-state index in [1.807, 2.05) is 6.08 Å². The third kappa shape index (κ3) is 49.5. The second-order valence-corrected chi connectivity index (χ2v) is 17.1. The molecule has 0 aliphatic heterocycles. The predicted molar refractivity (Wildman–Crippen MR) is 270 cm³/mol. The fraction of sp³-hybridized carbons (Fsp3) is 0.702. The zero-order chi connectivity index (χ0) is 45.8. The fourth-order valence-corrected chi connectivity index (χ4v) is 7.00. The Morgan fingerprint density at radius 1 is 0.349 bits per heavy atom. The molecule has 0 aromatic carbocycles. The Bertz CT molecular complexity index is 1240. The molecule has 0 amide bonds. The van der Waals surface area contributed by atoms with Crippen LogP contribution in [0.4, 0.5) is 0 Å². The Labute approximate surface area is 388 Å². The van der Waals surface area contributed by atoms with Crippen LogP contribution in [0.15, 0.2) is 85.1 Å². The lowest BCUT2D eigenvalue weighted by Gasteiger charge is -2.18. The van der Waals surface area contributed by atoms with Gasteiger partial charge in [0.05, 0.1) is 0 Å². The van der Waals surface area contributed by atoms with Gasteiger partial charge in [0, 0.05) is 19.3 Å². The van der Waals surface area contributed by atoms with E-state index in [-0.39, 0.29) is 37.5 Å². The summed E-state index contributed by atoms with van der Waals surface area (Å²) in [6, 6.07) is 0. The maximum Gasteiger partial charge on any atom is 0.306 e. The predicted octanol–water partition coefficient (Wildman–Crippen LogP) is 17.2. The summed E-state index contributed by atoms with van der Waals surface area (Å²) in [5.74, 6) is -1.01. The average molecular weight is 877 g/mol. The van der Waals surface area contributed by atoms with Crippen LogP contribution in [0.1, 0.15) is 239 Å². The molecule has 0 saturated carbocycles. The van der Waals surface area contributed by atoms with Gasteiger partial charge in [-0.15, -0.1) is 0 Å². The molecule has 0 saturated heterocycles. The molecule has 1 unspecified atom stereocenters. The van der Waals surface area contributed by atoms with Crippen LogP contribution in [0.2, 0.25) is 0 Å². The minimum Gasteiger partial charge on any atom is -0.462 e. The van der Waals surface area contributed by atoms with Gasteiger partial charge in [-0.1, -0.05) is 215 Å². The van der Waals surface area contributed by atoms with E-state index in [0.29, 0.717) is 19.3 Å². The summed E-state index contributed by atoms with van der Waals surface area (Å²) in [6.45, 7) is 6.43. The van der Waals surface area contributed by atoms with Gasteiger partial charge in [-0.25, -0.2) is 0 Å². The topological polar surface area (TPSA) is 78.9 Å². The molecule has 6 heteroatoms. The molecule has 0 heterocycles. The summed E-state index contributed by atoms with van der Waals surface area (Å²) >= 11 is 0. The van der Waals surface area contributed by atoms with Crippen LogP contribution >= 0.6 is 0 Å². The maximum atomic E-state index is 12.8. The van der Waals surface area contributed by atoms with E-state index < -0.39 is 6.10 Å². The molecule has 360 valence electrons. The Morgan fingerprint density at radius 2 is 0.714 bits per heavy atom. The van der Waals surface area contributed by atoms with E-state index >= 15 is 0 Å². The molecule has 0 fully saturated rings. The number of carbonyl (C=O) groups is 3. The molecule has 0 bridgehead atoms. The zero-order valence-corrected chi connectivity index (χ0v) is 41.1. The number of esters is 3. The first-order valence-electron chi connectivity index (χ1n) is 26.1. The van der Waals surface area contributed by atoms with Crippen LogP contribution in [0.3, 0.4) is 0 Å². The van der Waals surface area contributed by atoms with Gasteiger partial charge in [0.2, 0.25) is 0 Å². The van der Waals surface area contributed by atoms with Gasteiger partial charge in [0.25, 0.3) is 0 Å². The van der Waals surface area contributed by atoms with Crippen LogP contribution in [0.25, 0.3) is 0 Å². The van der Waals surface area contributed by atoms with Crippen molar-refractivity contribution in [2.75, 3.05) is 13.2 Å². The molecule has 6 nitrogen and oxygen atoms in total. The maximum absolute atomic E-state index is 12.8. The van der Waals surface area contributed by atoms with Crippen LogP contribution in [-0.4, -0.2) is 37.2 Å². The van der Waals surface area contributed by atoms with Crippen LogP contribution < -0.4 is 0 Å². The van der Waals surface area contributed by atoms with Gasteiger partial charge in [-0.2, -0.15) is 0 Å². The van der Waals surface area contributed by atoms with Crippen molar-refractivity contribution in [2.45, 2.75) is 245 Å². The monoisotopic (exact) mass is 877 g/mol. The second kappa shape index (κ2) is 51.2. The Morgan fingerprint density at radius 3 is 1.17 bits per heavy atom. The summed E-state index contributed by atoms with van der Waals surface area (Å²) in [5, 5.41) is 0. The molecular weight excluding hydrogens is 781 g/mol. The molecule has 0 aliphatic carbocycles. The number of unbranched alkanes of at least 4 members (excludes halogenated alkanes) is 23. The van der Waals surface area contributed by atoms with Crippen molar-refractivity contribution in [3.63, 3.8) is 0 Å². The van der Waals surface area contributed by atoms with Crippen molar-refractivity contribution >= 4 is 17.9 Å². The highest BCUT2D eigenvalue weighted by atomic mass is 16.6. The Hall–Kier alpha value is -3.41. The number of rotatable bonds is 46. The van der Waals surface area contributed by atoms with Gasteiger partial charge < -0.3 is 14.2 Å². The van der Waals surface area contributed by atoms with Gasteiger partial charge in [0.15, 0.2) is 6.10 Å². The minimum atomic E-state index is -0.811. The highest BCUT2D eigenvalue weighted by Crippen LogP contribution is 2.13. The third-order valence-corrected chi connectivity index (χ3v) is 10.9. The number of hydrogen-bond donors (Lipinski definition) is 0. The number of ether oxygens (including phenoxy) is 3. The fourth-order valence-electron chi connectivity index (χ4n) is 7.00. The number of carbonyl (C=O) groups excluding carboxylic acids is 3. The first-order chi connectivity index (χ1) is 31.0. The van der Waals surface area contributed by atoms with Gasteiger partial charge in [-0.05, 0) is 89.9 Å². The quantitative estimate of drug-likeness (QED) is 0.0199. The van der Waals surface area contributed by atoms with Gasteiger partial charge >= 0.3 is 17.9 Å². The van der Waals surface area contributed by atoms with Gasteiger partial charge in [0.1, 0.15) is 13.2 Å². The summed E-state index contributed by atoms with van der Waals surface area (Å²) in [5.41, 5.74) is 0. The van der Waals surface area contributed by atoms with E-state index in [1.54, 1.807) is 0 Å². The molecule has 0 N–H and O–H groups in total. The van der Waals surface area contributed by atoms with Crippen molar-refractivity contribution in [3.05, 3.63) is 85.1 Å². The largest absolute Gasteiger partial charge is 0.462 e.